The molecule has 0 aliphatic carbocycles. The molecule has 1 aromatic carbocycles. The van der Waals surface area contributed by atoms with E-state index in [-0.39, 0.29) is 12.0 Å². The predicted molar refractivity (Wildman–Crippen MR) is 91.5 cm³/mol. The van der Waals surface area contributed by atoms with Crippen molar-refractivity contribution in [3.63, 3.8) is 0 Å². The minimum Gasteiger partial charge on any atom is -0.493 e. The lowest BCUT2D eigenvalue weighted by Crippen LogP contribution is -2.37. The number of carboxylic acids is 1. The van der Waals surface area contributed by atoms with Crippen molar-refractivity contribution in [2.24, 2.45) is 5.92 Å². The summed E-state index contributed by atoms with van der Waals surface area (Å²) in [5, 5.41) is 12.9. The molecule has 130 valence electrons. The zero-order valence-corrected chi connectivity index (χ0v) is 15.1. The third-order valence-electron chi connectivity index (χ3n) is 3.21. The topological polar surface area (TPSA) is 67.8 Å². The molecule has 0 aliphatic rings. The SMILES string of the molecule is COc1cc(Cl)cc(CNC(CC(C)C)C(=O)O)c1OC(C)C. The maximum absolute atomic E-state index is 11.4. The van der Waals surface area contributed by atoms with Crippen molar-refractivity contribution < 1.29 is 19.4 Å². The zero-order valence-electron chi connectivity index (χ0n) is 14.4. The van der Waals surface area contributed by atoms with Gasteiger partial charge in [-0.25, -0.2) is 0 Å². The summed E-state index contributed by atoms with van der Waals surface area (Å²) in [6.07, 6.45) is 0.516. The number of methoxy groups -OCH3 is 1. The highest BCUT2D eigenvalue weighted by Crippen LogP contribution is 2.35. The first-order chi connectivity index (χ1) is 10.7. The van der Waals surface area contributed by atoms with Gasteiger partial charge in [0.25, 0.3) is 0 Å². The van der Waals surface area contributed by atoms with Crippen molar-refractivity contribution >= 4 is 17.6 Å². The van der Waals surface area contributed by atoms with Crippen LogP contribution in [0.2, 0.25) is 5.02 Å². The average molecular weight is 344 g/mol. The number of aliphatic carboxylic acids is 1. The van der Waals surface area contributed by atoms with Crippen molar-refractivity contribution in [1.29, 1.82) is 0 Å². The quantitative estimate of drug-likeness (QED) is 0.715. The van der Waals surface area contributed by atoms with Gasteiger partial charge in [0.05, 0.1) is 13.2 Å². The summed E-state index contributed by atoms with van der Waals surface area (Å²) in [7, 11) is 1.55. The maximum atomic E-state index is 11.4. The molecule has 23 heavy (non-hydrogen) atoms. The van der Waals surface area contributed by atoms with E-state index >= 15 is 0 Å². The maximum Gasteiger partial charge on any atom is 0.320 e. The minimum absolute atomic E-state index is 0.0326. The van der Waals surface area contributed by atoms with E-state index in [9.17, 15) is 9.90 Å². The lowest BCUT2D eigenvalue weighted by molar-refractivity contribution is -0.140. The monoisotopic (exact) mass is 343 g/mol. The Hall–Kier alpha value is -1.46. The second-order valence-electron chi connectivity index (χ2n) is 6.16. The van der Waals surface area contributed by atoms with Crippen LogP contribution >= 0.6 is 11.6 Å². The molecule has 6 heteroatoms. The van der Waals surface area contributed by atoms with Crippen LogP contribution in [-0.4, -0.2) is 30.3 Å². The van der Waals surface area contributed by atoms with E-state index in [0.29, 0.717) is 29.5 Å². The third kappa shape index (κ3) is 6.28. The van der Waals surface area contributed by atoms with Crippen LogP contribution in [-0.2, 0) is 11.3 Å². The molecular formula is C17H26ClNO4. The van der Waals surface area contributed by atoms with Gasteiger partial charge in [0.1, 0.15) is 6.04 Å². The molecule has 1 unspecified atom stereocenters. The van der Waals surface area contributed by atoms with E-state index in [1.54, 1.807) is 19.2 Å². The fourth-order valence-electron chi connectivity index (χ4n) is 2.25. The van der Waals surface area contributed by atoms with Gasteiger partial charge >= 0.3 is 5.97 Å². The predicted octanol–water partition coefficient (Wildman–Crippen LogP) is 3.72. The number of nitrogens with one attached hydrogen (secondary N) is 1. The van der Waals surface area contributed by atoms with Crippen LogP contribution in [0.3, 0.4) is 0 Å². The summed E-state index contributed by atoms with van der Waals surface area (Å²) in [6.45, 7) is 8.16. The average Bonchev–Trinajstić information content (AvgIpc) is 2.44. The first-order valence-corrected chi connectivity index (χ1v) is 8.11. The van der Waals surface area contributed by atoms with Gasteiger partial charge in [0.15, 0.2) is 11.5 Å². The number of carbonyl (C=O) groups is 1. The molecule has 1 aromatic rings. The van der Waals surface area contributed by atoms with Gasteiger partial charge in [-0.2, -0.15) is 0 Å². The van der Waals surface area contributed by atoms with Crippen molar-refractivity contribution in [1.82, 2.24) is 5.32 Å². The van der Waals surface area contributed by atoms with E-state index in [1.807, 2.05) is 27.7 Å². The van der Waals surface area contributed by atoms with Crippen molar-refractivity contribution in [2.75, 3.05) is 7.11 Å². The van der Waals surface area contributed by atoms with Crippen molar-refractivity contribution in [2.45, 2.75) is 52.8 Å². The molecule has 0 aromatic heterocycles. The van der Waals surface area contributed by atoms with E-state index in [1.165, 1.54) is 0 Å². The number of rotatable bonds is 9. The Labute approximate surface area is 142 Å². The van der Waals surface area contributed by atoms with Crippen molar-refractivity contribution in [3.8, 4) is 11.5 Å². The van der Waals surface area contributed by atoms with Gasteiger partial charge in [-0.1, -0.05) is 25.4 Å². The smallest absolute Gasteiger partial charge is 0.320 e. The molecular weight excluding hydrogens is 318 g/mol. The number of halogens is 1. The fraction of sp³-hybridized carbons (Fsp3) is 0.588. The lowest BCUT2D eigenvalue weighted by atomic mass is 10.0. The number of carboxylic acid groups (broad SMARTS) is 1. The van der Waals surface area contributed by atoms with Gasteiger partial charge in [-0.15, -0.1) is 0 Å². The lowest BCUT2D eigenvalue weighted by Gasteiger charge is -2.20. The summed E-state index contributed by atoms with van der Waals surface area (Å²) in [5.41, 5.74) is 0.776. The van der Waals surface area contributed by atoms with Crippen LogP contribution in [0.15, 0.2) is 12.1 Å². The Morgan fingerprint density at radius 3 is 2.43 bits per heavy atom. The zero-order chi connectivity index (χ0) is 17.6. The highest BCUT2D eigenvalue weighted by Gasteiger charge is 2.20. The van der Waals surface area contributed by atoms with E-state index < -0.39 is 12.0 Å². The summed E-state index contributed by atoms with van der Waals surface area (Å²) in [4.78, 5) is 11.4. The number of ether oxygens (including phenoxy) is 2. The molecule has 2 N–H and O–H groups in total. The largest absolute Gasteiger partial charge is 0.493 e. The van der Waals surface area contributed by atoms with E-state index in [4.69, 9.17) is 21.1 Å². The molecule has 0 bridgehead atoms. The fourth-order valence-corrected chi connectivity index (χ4v) is 2.48. The molecule has 0 radical (unpaired) electrons. The van der Waals surface area contributed by atoms with Crippen LogP contribution in [0.25, 0.3) is 0 Å². The Morgan fingerprint density at radius 1 is 1.30 bits per heavy atom. The molecule has 0 amide bonds. The van der Waals surface area contributed by atoms with Gasteiger partial charge in [0, 0.05) is 23.2 Å². The second-order valence-corrected chi connectivity index (χ2v) is 6.60. The Bertz CT molecular complexity index is 532. The number of benzene rings is 1. The highest BCUT2D eigenvalue weighted by molar-refractivity contribution is 6.30. The van der Waals surface area contributed by atoms with Gasteiger partial charge in [-0.05, 0) is 32.3 Å². The molecule has 5 nitrogen and oxygen atoms in total. The molecule has 0 heterocycles. The third-order valence-corrected chi connectivity index (χ3v) is 3.43. The Kier molecular flexibility index (Phi) is 7.65. The number of hydrogen-bond acceptors (Lipinski definition) is 4. The molecule has 0 spiro atoms. The summed E-state index contributed by atoms with van der Waals surface area (Å²) < 4.78 is 11.2. The molecule has 0 fully saturated rings. The van der Waals surface area contributed by atoms with Crippen LogP contribution in [0.5, 0.6) is 11.5 Å². The van der Waals surface area contributed by atoms with Crippen LogP contribution in [0, 0.1) is 5.92 Å². The normalized spacial score (nSPS) is 12.5. The van der Waals surface area contributed by atoms with Crippen LogP contribution < -0.4 is 14.8 Å². The van der Waals surface area contributed by atoms with Crippen LogP contribution in [0.1, 0.15) is 39.7 Å². The van der Waals surface area contributed by atoms with Crippen LogP contribution in [0.4, 0.5) is 0 Å². The summed E-state index contributed by atoms with van der Waals surface area (Å²) >= 11 is 6.12. The van der Waals surface area contributed by atoms with Gasteiger partial charge < -0.3 is 19.9 Å². The molecule has 1 rings (SSSR count). The Balaban J connectivity index is 3.01. The van der Waals surface area contributed by atoms with Gasteiger partial charge in [0.2, 0.25) is 0 Å². The standard InChI is InChI=1S/C17H26ClNO4/c1-10(2)6-14(17(20)21)19-9-12-7-13(18)8-15(22-5)16(12)23-11(3)4/h7-8,10-11,14,19H,6,9H2,1-5H3,(H,20,21). The first kappa shape index (κ1) is 19.6. The molecule has 1 atom stereocenters. The van der Waals surface area contributed by atoms with E-state index in [0.717, 1.165) is 5.56 Å². The summed E-state index contributed by atoms with van der Waals surface area (Å²) in [5.74, 6) is 0.551. The molecule has 0 aliphatic heterocycles. The number of hydrogen-bond donors (Lipinski definition) is 2. The highest BCUT2D eigenvalue weighted by atomic mass is 35.5. The minimum atomic E-state index is -0.862. The van der Waals surface area contributed by atoms with E-state index in [2.05, 4.69) is 5.32 Å². The second kappa shape index (κ2) is 8.99. The Morgan fingerprint density at radius 2 is 1.96 bits per heavy atom. The molecule has 0 saturated heterocycles. The first-order valence-electron chi connectivity index (χ1n) is 7.73. The summed E-state index contributed by atoms with van der Waals surface area (Å²) in [6, 6.07) is 2.83. The molecule has 0 saturated carbocycles. The van der Waals surface area contributed by atoms with Crippen molar-refractivity contribution in [3.05, 3.63) is 22.7 Å². The van der Waals surface area contributed by atoms with Gasteiger partial charge in [-0.3, -0.25) is 4.79 Å².